The second-order valence-electron chi connectivity index (χ2n) is 6.04. The molecule has 1 N–H and O–H groups in total. The molecule has 1 aromatic carbocycles. The van der Waals surface area contributed by atoms with E-state index in [1.165, 1.54) is 0 Å². The van der Waals surface area contributed by atoms with E-state index in [1.54, 1.807) is 11.8 Å². The number of nitrogens with one attached hydrogen (secondary N) is 1. The van der Waals surface area contributed by atoms with Crippen LogP contribution in [-0.2, 0) is 4.74 Å². The van der Waals surface area contributed by atoms with Crippen LogP contribution in [-0.4, -0.2) is 42.5 Å². The summed E-state index contributed by atoms with van der Waals surface area (Å²) in [4.78, 5) is 15.8. The topological polar surface area (TPSA) is 41.6 Å². The average Bonchev–Trinajstić information content (AvgIpc) is 3.19. The maximum Gasteiger partial charge on any atom is 0.322 e. The lowest BCUT2D eigenvalue weighted by atomic mass is 10.1. The fourth-order valence-corrected chi connectivity index (χ4v) is 4.12. The third-order valence-corrected chi connectivity index (χ3v) is 5.42. The smallest absolute Gasteiger partial charge is 0.322 e. The molecule has 120 valence electrons. The highest BCUT2D eigenvalue weighted by Crippen LogP contribution is 2.31. The third-order valence-electron chi connectivity index (χ3n) is 4.64. The van der Waals surface area contributed by atoms with E-state index in [0.717, 1.165) is 55.0 Å². The first-order chi connectivity index (χ1) is 10.7. The van der Waals surface area contributed by atoms with Crippen LogP contribution in [0.15, 0.2) is 23.1 Å². The van der Waals surface area contributed by atoms with Gasteiger partial charge in [0.15, 0.2) is 0 Å². The van der Waals surface area contributed by atoms with Gasteiger partial charge in [-0.25, -0.2) is 4.79 Å². The van der Waals surface area contributed by atoms with Gasteiger partial charge in [-0.3, -0.25) is 0 Å². The normalized spacial score (nSPS) is 24.7. The zero-order chi connectivity index (χ0) is 15.5. The van der Waals surface area contributed by atoms with Crippen molar-refractivity contribution in [1.82, 2.24) is 4.90 Å². The summed E-state index contributed by atoms with van der Waals surface area (Å²) in [6.45, 7) is 3.71. The van der Waals surface area contributed by atoms with Gasteiger partial charge >= 0.3 is 6.03 Å². The highest BCUT2D eigenvalue weighted by molar-refractivity contribution is 7.98. The number of thioether (sulfide) groups is 1. The number of nitrogens with zero attached hydrogens (tertiary/aromatic N) is 1. The van der Waals surface area contributed by atoms with Crippen LogP contribution in [0.25, 0.3) is 0 Å². The number of amides is 2. The van der Waals surface area contributed by atoms with Crippen molar-refractivity contribution in [2.75, 3.05) is 24.7 Å². The van der Waals surface area contributed by atoms with E-state index in [9.17, 15) is 4.79 Å². The highest BCUT2D eigenvalue weighted by Gasteiger charge is 2.37. The number of likely N-dealkylation sites (tertiary alicyclic amines) is 1. The number of anilines is 1. The molecule has 2 aliphatic rings. The number of hydrogen-bond acceptors (Lipinski definition) is 3. The number of carbonyl (C=O) groups is 1. The first-order valence-electron chi connectivity index (χ1n) is 8.03. The monoisotopic (exact) mass is 320 g/mol. The molecule has 2 saturated heterocycles. The molecule has 2 heterocycles. The van der Waals surface area contributed by atoms with Crippen molar-refractivity contribution in [1.29, 1.82) is 0 Å². The fourth-order valence-electron chi connectivity index (χ4n) is 3.49. The Morgan fingerprint density at radius 2 is 2.23 bits per heavy atom. The van der Waals surface area contributed by atoms with Gasteiger partial charge in [0.2, 0.25) is 0 Å². The van der Waals surface area contributed by atoms with E-state index in [2.05, 4.69) is 11.4 Å². The Kier molecular flexibility index (Phi) is 4.93. The minimum atomic E-state index is 0.0163. The average molecular weight is 320 g/mol. The lowest BCUT2D eigenvalue weighted by molar-refractivity contribution is 0.0543. The van der Waals surface area contributed by atoms with Crippen molar-refractivity contribution < 1.29 is 9.53 Å². The standard InChI is InChI=1S/C17H24N2O2S/c1-12-6-3-9-15(22-2)16(12)18-17(20)19-10-4-7-13(19)14-8-5-11-21-14/h3,6,9,13-14H,4-5,7-8,10-11H2,1-2H3,(H,18,20)/t13-,14-/m0/s1. The second-order valence-corrected chi connectivity index (χ2v) is 6.88. The molecule has 2 fully saturated rings. The molecule has 0 aliphatic carbocycles. The summed E-state index contributed by atoms with van der Waals surface area (Å²) in [6, 6.07) is 6.37. The van der Waals surface area contributed by atoms with Gasteiger partial charge < -0.3 is 15.0 Å². The van der Waals surface area contributed by atoms with Gasteiger partial charge in [-0.1, -0.05) is 12.1 Å². The summed E-state index contributed by atoms with van der Waals surface area (Å²) in [6.07, 6.45) is 6.59. The lowest BCUT2D eigenvalue weighted by Crippen LogP contribution is -2.44. The number of para-hydroxylation sites is 1. The van der Waals surface area contributed by atoms with Crippen LogP contribution in [0.5, 0.6) is 0 Å². The van der Waals surface area contributed by atoms with Crippen LogP contribution in [0.1, 0.15) is 31.2 Å². The third kappa shape index (κ3) is 3.10. The molecule has 0 aromatic heterocycles. The Morgan fingerprint density at radius 3 is 2.95 bits per heavy atom. The zero-order valence-electron chi connectivity index (χ0n) is 13.3. The number of rotatable bonds is 3. The van der Waals surface area contributed by atoms with E-state index in [4.69, 9.17) is 4.74 Å². The van der Waals surface area contributed by atoms with Crippen molar-refractivity contribution in [3.8, 4) is 0 Å². The van der Waals surface area contributed by atoms with Crippen molar-refractivity contribution in [2.45, 2.75) is 49.6 Å². The van der Waals surface area contributed by atoms with Gasteiger partial charge in [0.05, 0.1) is 17.8 Å². The predicted molar refractivity (Wildman–Crippen MR) is 90.7 cm³/mol. The Morgan fingerprint density at radius 1 is 1.36 bits per heavy atom. The quantitative estimate of drug-likeness (QED) is 0.859. The Hall–Kier alpha value is -1.20. The van der Waals surface area contributed by atoms with Crippen molar-refractivity contribution >= 4 is 23.5 Å². The maximum atomic E-state index is 12.8. The minimum Gasteiger partial charge on any atom is -0.376 e. The number of benzene rings is 1. The van der Waals surface area contributed by atoms with Gasteiger partial charge in [-0.2, -0.15) is 0 Å². The number of hydrogen-bond donors (Lipinski definition) is 1. The van der Waals surface area contributed by atoms with Gasteiger partial charge in [0.1, 0.15) is 0 Å². The molecule has 2 atom stereocenters. The molecule has 2 aliphatic heterocycles. The van der Waals surface area contributed by atoms with Crippen LogP contribution < -0.4 is 5.32 Å². The molecular formula is C17H24N2O2S. The highest BCUT2D eigenvalue weighted by atomic mass is 32.2. The van der Waals surface area contributed by atoms with Crippen molar-refractivity contribution in [3.05, 3.63) is 23.8 Å². The van der Waals surface area contributed by atoms with E-state index in [0.29, 0.717) is 0 Å². The largest absolute Gasteiger partial charge is 0.376 e. The first-order valence-corrected chi connectivity index (χ1v) is 9.26. The molecule has 22 heavy (non-hydrogen) atoms. The molecular weight excluding hydrogens is 296 g/mol. The Bertz CT molecular complexity index is 543. The SMILES string of the molecule is CSc1cccc(C)c1NC(=O)N1CCC[C@H]1[C@@H]1CCCO1. The number of urea groups is 1. The molecule has 2 amide bonds. The van der Waals surface area contributed by atoms with Crippen molar-refractivity contribution in [3.63, 3.8) is 0 Å². The van der Waals surface area contributed by atoms with Crippen molar-refractivity contribution in [2.24, 2.45) is 0 Å². The summed E-state index contributed by atoms with van der Waals surface area (Å²) in [5, 5.41) is 3.14. The van der Waals surface area contributed by atoms with Crippen LogP contribution in [0.3, 0.4) is 0 Å². The summed E-state index contributed by atoms with van der Waals surface area (Å²) >= 11 is 1.66. The number of carbonyl (C=O) groups excluding carboxylic acids is 1. The second kappa shape index (κ2) is 6.92. The molecule has 0 radical (unpaired) electrons. The molecule has 0 bridgehead atoms. The lowest BCUT2D eigenvalue weighted by Gasteiger charge is -2.29. The molecule has 0 saturated carbocycles. The van der Waals surface area contributed by atoms with E-state index >= 15 is 0 Å². The molecule has 0 spiro atoms. The molecule has 5 heteroatoms. The van der Waals surface area contributed by atoms with Gasteiger partial charge in [-0.15, -0.1) is 11.8 Å². The summed E-state index contributed by atoms with van der Waals surface area (Å²) in [7, 11) is 0. The van der Waals surface area contributed by atoms with E-state index < -0.39 is 0 Å². The molecule has 4 nitrogen and oxygen atoms in total. The van der Waals surface area contributed by atoms with Crippen LogP contribution >= 0.6 is 11.8 Å². The van der Waals surface area contributed by atoms with Gasteiger partial charge in [0, 0.05) is 18.0 Å². The number of aryl methyl sites for hydroxylation is 1. The maximum absolute atomic E-state index is 12.8. The fraction of sp³-hybridized carbons (Fsp3) is 0.588. The summed E-state index contributed by atoms with van der Waals surface area (Å²) < 4.78 is 5.81. The first kappa shape index (κ1) is 15.7. The zero-order valence-corrected chi connectivity index (χ0v) is 14.1. The van der Waals surface area contributed by atoms with Gasteiger partial charge in [0.25, 0.3) is 0 Å². The minimum absolute atomic E-state index is 0.0163. The summed E-state index contributed by atoms with van der Waals surface area (Å²) in [5.41, 5.74) is 2.05. The van der Waals surface area contributed by atoms with Gasteiger partial charge in [-0.05, 0) is 50.5 Å². The predicted octanol–water partition coefficient (Wildman–Crippen LogP) is 3.89. The molecule has 3 rings (SSSR count). The Balaban J connectivity index is 1.74. The Labute approximate surface area is 136 Å². The molecule has 1 aromatic rings. The van der Waals surface area contributed by atoms with Crippen LogP contribution in [0.2, 0.25) is 0 Å². The number of ether oxygens (including phenoxy) is 1. The van der Waals surface area contributed by atoms with Crippen LogP contribution in [0, 0.1) is 6.92 Å². The van der Waals surface area contributed by atoms with E-state index in [-0.39, 0.29) is 18.2 Å². The van der Waals surface area contributed by atoms with Crippen LogP contribution in [0.4, 0.5) is 10.5 Å². The van der Waals surface area contributed by atoms with E-state index in [1.807, 2.05) is 30.2 Å². The summed E-state index contributed by atoms with van der Waals surface area (Å²) in [5.74, 6) is 0. The molecule has 0 unspecified atom stereocenters.